The molecule has 0 saturated carbocycles. The molecule has 52 heavy (non-hydrogen) atoms. The molecule has 244 valence electrons. The third kappa shape index (κ3) is 4.55. The van der Waals surface area contributed by atoms with Crippen molar-refractivity contribution >= 4 is 65.8 Å². The Kier molecular flexibility index (Phi) is 6.21. The number of furan rings is 3. The molecule has 6 heteroatoms. The van der Waals surface area contributed by atoms with Gasteiger partial charge in [-0.1, -0.05) is 109 Å². The van der Waals surface area contributed by atoms with E-state index in [1.165, 1.54) is 0 Å². The van der Waals surface area contributed by atoms with Gasteiger partial charge in [-0.2, -0.15) is 0 Å². The summed E-state index contributed by atoms with van der Waals surface area (Å²) in [5.41, 5.74) is 10.0. The van der Waals surface area contributed by atoms with Crippen molar-refractivity contribution in [3.05, 3.63) is 163 Å². The van der Waals surface area contributed by atoms with E-state index in [-0.39, 0.29) is 0 Å². The van der Waals surface area contributed by atoms with Gasteiger partial charge in [0.05, 0.1) is 0 Å². The number of aromatic nitrogens is 3. The largest absolute Gasteiger partial charge is 0.456 e. The summed E-state index contributed by atoms with van der Waals surface area (Å²) in [6, 6.07) is 51.4. The molecule has 0 atom stereocenters. The van der Waals surface area contributed by atoms with E-state index in [4.69, 9.17) is 28.2 Å². The minimum atomic E-state index is 0.484. The molecule has 0 amide bonds. The number of benzene rings is 7. The van der Waals surface area contributed by atoms with Crippen LogP contribution in [0.2, 0.25) is 0 Å². The quantitative estimate of drug-likeness (QED) is 0.181. The van der Waals surface area contributed by atoms with E-state index in [1.807, 2.05) is 84.9 Å². The topological polar surface area (TPSA) is 78.1 Å². The van der Waals surface area contributed by atoms with Crippen LogP contribution in [0.15, 0.2) is 165 Å². The molecule has 0 aliphatic rings. The molecule has 0 aliphatic heterocycles. The van der Waals surface area contributed by atoms with Crippen LogP contribution in [0.1, 0.15) is 11.4 Å². The highest BCUT2D eigenvalue weighted by Crippen LogP contribution is 2.40. The van der Waals surface area contributed by atoms with Crippen molar-refractivity contribution in [3.63, 3.8) is 0 Å². The van der Waals surface area contributed by atoms with Crippen molar-refractivity contribution in [2.75, 3.05) is 0 Å². The summed E-state index contributed by atoms with van der Waals surface area (Å²) in [7, 11) is 0. The van der Waals surface area contributed by atoms with Gasteiger partial charge in [0.25, 0.3) is 0 Å². The molecule has 0 bridgehead atoms. The lowest BCUT2D eigenvalue weighted by Gasteiger charge is -2.09. The molecule has 0 spiro atoms. The van der Waals surface area contributed by atoms with Crippen LogP contribution < -0.4 is 0 Å². The smallest absolute Gasteiger partial charge is 0.163 e. The molecule has 0 aliphatic carbocycles. The number of para-hydroxylation sites is 3. The van der Waals surface area contributed by atoms with Gasteiger partial charge in [0, 0.05) is 55.4 Å². The van der Waals surface area contributed by atoms with Crippen LogP contribution in [0.25, 0.3) is 99.7 Å². The summed E-state index contributed by atoms with van der Waals surface area (Å²) >= 11 is 0. The van der Waals surface area contributed by atoms with Gasteiger partial charge in [-0.3, -0.25) is 0 Å². The first-order chi connectivity index (χ1) is 25.7. The molecule has 11 aromatic rings. The molecule has 11 rings (SSSR count). The molecule has 7 aromatic carbocycles. The van der Waals surface area contributed by atoms with Gasteiger partial charge in [-0.15, -0.1) is 0 Å². The summed E-state index contributed by atoms with van der Waals surface area (Å²) < 4.78 is 19.1. The van der Waals surface area contributed by atoms with Gasteiger partial charge in [0.1, 0.15) is 39.3 Å². The molecule has 0 unspecified atom stereocenters. The Hall–Kier alpha value is -7.05. The molecule has 0 saturated heterocycles. The van der Waals surface area contributed by atoms with Gasteiger partial charge >= 0.3 is 0 Å². The highest BCUT2D eigenvalue weighted by molar-refractivity contribution is 6.12. The van der Waals surface area contributed by atoms with Crippen LogP contribution in [0.5, 0.6) is 0 Å². The maximum absolute atomic E-state index is 6.42. The van der Waals surface area contributed by atoms with Gasteiger partial charge in [0.2, 0.25) is 0 Å². The molecule has 4 heterocycles. The summed E-state index contributed by atoms with van der Waals surface area (Å²) in [5, 5.41) is 6.44. The molecule has 6 nitrogen and oxygen atoms in total. The van der Waals surface area contributed by atoms with E-state index >= 15 is 0 Å². The normalized spacial score (nSPS) is 11.9. The first-order valence-electron chi connectivity index (χ1n) is 17.3. The molecule has 0 radical (unpaired) electrons. The Labute approximate surface area is 296 Å². The molecule has 0 fully saturated rings. The lowest BCUT2D eigenvalue weighted by atomic mass is 9.98. The zero-order chi connectivity index (χ0) is 34.2. The highest BCUT2D eigenvalue weighted by atomic mass is 16.3. The minimum Gasteiger partial charge on any atom is -0.456 e. The first-order valence-corrected chi connectivity index (χ1v) is 17.3. The third-order valence-electron chi connectivity index (χ3n) is 10.00. The maximum Gasteiger partial charge on any atom is 0.163 e. The Bertz CT molecular complexity index is 3170. The van der Waals surface area contributed by atoms with E-state index in [2.05, 4.69) is 66.7 Å². The summed E-state index contributed by atoms with van der Waals surface area (Å²) in [4.78, 5) is 15.1. The van der Waals surface area contributed by atoms with Gasteiger partial charge < -0.3 is 13.3 Å². The van der Waals surface area contributed by atoms with Crippen molar-refractivity contribution in [1.82, 2.24) is 15.0 Å². The van der Waals surface area contributed by atoms with Crippen molar-refractivity contribution in [2.45, 2.75) is 6.42 Å². The monoisotopic (exact) mass is 669 g/mol. The van der Waals surface area contributed by atoms with Crippen molar-refractivity contribution in [3.8, 4) is 33.9 Å². The average Bonchev–Trinajstić information content (AvgIpc) is 3.89. The van der Waals surface area contributed by atoms with E-state index in [1.54, 1.807) is 0 Å². The second-order valence-electron chi connectivity index (χ2n) is 13.1. The van der Waals surface area contributed by atoms with Crippen molar-refractivity contribution in [2.24, 2.45) is 0 Å². The lowest BCUT2D eigenvalue weighted by molar-refractivity contribution is 0.668. The van der Waals surface area contributed by atoms with Crippen molar-refractivity contribution in [1.29, 1.82) is 0 Å². The van der Waals surface area contributed by atoms with Gasteiger partial charge in [0.15, 0.2) is 11.6 Å². The Morgan fingerprint density at radius 3 is 1.88 bits per heavy atom. The van der Waals surface area contributed by atoms with Gasteiger partial charge in [-0.25, -0.2) is 15.0 Å². The first kappa shape index (κ1) is 28.8. The number of fused-ring (bicyclic) bond motifs is 9. The van der Waals surface area contributed by atoms with E-state index in [0.717, 1.165) is 93.6 Å². The highest BCUT2D eigenvalue weighted by Gasteiger charge is 2.18. The number of rotatable bonds is 5. The fourth-order valence-corrected chi connectivity index (χ4v) is 7.57. The Morgan fingerprint density at radius 1 is 0.385 bits per heavy atom. The fraction of sp³-hybridized carbons (Fsp3) is 0.0217. The molecular formula is C46H27N3O3. The number of nitrogens with zero attached hydrogens (tertiary/aromatic N) is 3. The predicted octanol–water partition coefficient (Wildman–Crippen LogP) is 12.2. The SMILES string of the molecule is c1ccc(-c2nc(Cc3cccc4oc5ccc(-c6cccc7c6oc6ccccc67)cc5c34)nc(-c3ccc4c(c3)oc3ccccc34)n2)cc1. The summed E-state index contributed by atoms with van der Waals surface area (Å²) in [6.07, 6.45) is 0.484. The van der Waals surface area contributed by atoms with Crippen molar-refractivity contribution < 1.29 is 13.3 Å². The predicted molar refractivity (Wildman–Crippen MR) is 207 cm³/mol. The van der Waals surface area contributed by atoms with Crippen LogP contribution >= 0.6 is 0 Å². The molecule has 0 N–H and O–H groups in total. The number of hydrogen-bond donors (Lipinski definition) is 0. The second kappa shape index (κ2) is 11.2. The minimum absolute atomic E-state index is 0.484. The second-order valence-corrected chi connectivity index (χ2v) is 13.1. The van der Waals surface area contributed by atoms with Crippen LogP contribution in [0.3, 0.4) is 0 Å². The lowest BCUT2D eigenvalue weighted by Crippen LogP contribution is -2.04. The maximum atomic E-state index is 6.42. The van der Waals surface area contributed by atoms with Crippen LogP contribution in [-0.2, 0) is 6.42 Å². The standard InChI is InChI=1S/C46H27N3O3/c1-2-10-27(11-3-1)45-47-42(48-46(49-45)30-20-22-34-32-13-4-6-17-37(32)51-41(34)25-30)26-29-12-8-19-40-43(29)36-24-28(21-23-39(36)50-40)31-15-9-16-35-33-14-5-7-18-38(33)52-44(31)35/h1-25H,26H2. The molecule has 4 aromatic heterocycles. The van der Waals surface area contributed by atoms with Crippen LogP contribution in [-0.4, -0.2) is 15.0 Å². The Morgan fingerprint density at radius 2 is 1.02 bits per heavy atom. The fourth-order valence-electron chi connectivity index (χ4n) is 7.57. The summed E-state index contributed by atoms with van der Waals surface area (Å²) in [5.74, 6) is 1.88. The van der Waals surface area contributed by atoms with Crippen LogP contribution in [0.4, 0.5) is 0 Å². The zero-order valence-electron chi connectivity index (χ0n) is 27.7. The third-order valence-corrected chi connectivity index (χ3v) is 10.00. The summed E-state index contributed by atoms with van der Waals surface area (Å²) in [6.45, 7) is 0. The Balaban J connectivity index is 1.05. The van der Waals surface area contributed by atoms with E-state index in [9.17, 15) is 0 Å². The van der Waals surface area contributed by atoms with Gasteiger partial charge in [-0.05, 0) is 53.6 Å². The van der Waals surface area contributed by atoms with E-state index in [0.29, 0.717) is 23.9 Å². The zero-order valence-corrected chi connectivity index (χ0v) is 27.7. The number of hydrogen-bond acceptors (Lipinski definition) is 6. The van der Waals surface area contributed by atoms with E-state index < -0.39 is 0 Å². The van der Waals surface area contributed by atoms with Crippen LogP contribution in [0, 0.1) is 0 Å². The average molecular weight is 670 g/mol. The molecular weight excluding hydrogens is 643 g/mol.